The highest BCUT2D eigenvalue weighted by atomic mass is 35.5. The van der Waals surface area contributed by atoms with Crippen molar-refractivity contribution in [2.45, 2.75) is 13.3 Å². The fraction of sp³-hybridized carbons (Fsp3) is 0.444. The Bertz CT molecular complexity index is 310. The van der Waals surface area contributed by atoms with Crippen molar-refractivity contribution in [2.75, 3.05) is 11.9 Å². The number of hydrogen-bond donors (Lipinski definition) is 2. The summed E-state index contributed by atoms with van der Waals surface area (Å²) in [6.45, 7) is 2.32. The number of carbonyl (C=O) groups excluding carboxylic acids is 1. The van der Waals surface area contributed by atoms with Gasteiger partial charge < -0.3 is 11.1 Å². The minimum Gasteiger partial charge on any atom is -0.330 e. The van der Waals surface area contributed by atoms with Gasteiger partial charge in [0.15, 0.2) is 0 Å². The number of hydrogen-bond acceptors (Lipinski definition) is 3. The van der Waals surface area contributed by atoms with Gasteiger partial charge in [-0.3, -0.25) is 4.79 Å². The molecular formula is C9H13ClN2OS. The van der Waals surface area contributed by atoms with Crippen molar-refractivity contribution in [3.63, 3.8) is 0 Å². The summed E-state index contributed by atoms with van der Waals surface area (Å²) in [7, 11) is 0. The fourth-order valence-corrected chi connectivity index (χ4v) is 2.01. The molecule has 0 saturated heterocycles. The fourth-order valence-electron chi connectivity index (χ4n) is 1.06. The van der Waals surface area contributed by atoms with Crippen LogP contribution in [0.4, 0.5) is 5.00 Å². The van der Waals surface area contributed by atoms with E-state index in [2.05, 4.69) is 5.32 Å². The predicted molar refractivity (Wildman–Crippen MR) is 60.8 cm³/mol. The first-order chi connectivity index (χ1) is 6.67. The van der Waals surface area contributed by atoms with E-state index in [9.17, 15) is 4.79 Å². The number of halogens is 1. The lowest BCUT2D eigenvalue weighted by Crippen LogP contribution is -2.28. The molecule has 1 atom stereocenters. The third kappa shape index (κ3) is 2.97. The Labute approximate surface area is 92.3 Å². The van der Waals surface area contributed by atoms with Crippen LogP contribution >= 0.6 is 22.9 Å². The molecule has 1 aromatic rings. The SMILES string of the molecule is CCC(CN)C(=O)Nc1ccc(Cl)s1. The molecule has 0 bridgehead atoms. The van der Waals surface area contributed by atoms with Gasteiger partial charge in [-0.15, -0.1) is 11.3 Å². The predicted octanol–water partition coefficient (Wildman–Crippen LogP) is 2.32. The molecule has 3 nitrogen and oxygen atoms in total. The first-order valence-electron chi connectivity index (χ1n) is 4.43. The van der Waals surface area contributed by atoms with Crippen molar-refractivity contribution >= 4 is 33.8 Å². The molecule has 0 aliphatic rings. The third-order valence-corrected chi connectivity index (χ3v) is 3.11. The number of amides is 1. The van der Waals surface area contributed by atoms with E-state index in [1.54, 1.807) is 12.1 Å². The van der Waals surface area contributed by atoms with Gasteiger partial charge in [0.1, 0.15) is 0 Å². The Hall–Kier alpha value is -0.580. The number of nitrogens with two attached hydrogens (primary N) is 1. The van der Waals surface area contributed by atoms with Crippen molar-refractivity contribution in [1.29, 1.82) is 0 Å². The summed E-state index contributed by atoms with van der Waals surface area (Å²) in [6.07, 6.45) is 0.751. The highest BCUT2D eigenvalue weighted by molar-refractivity contribution is 7.20. The Balaban J connectivity index is 2.56. The zero-order chi connectivity index (χ0) is 10.6. The Morgan fingerprint density at radius 1 is 1.71 bits per heavy atom. The average molecular weight is 233 g/mol. The topological polar surface area (TPSA) is 55.1 Å². The van der Waals surface area contributed by atoms with Crippen LogP contribution in [0.5, 0.6) is 0 Å². The molecule has 3 N–H and O–H groups in total. The average Bonchev–Trinajstić information content (AvgIpc) is 2.53. The number of thiophene rings is 1. The van der Waals surface area contributed by atoms with Gasteiger partial charge in [0.05, 0.1) is 15.3 Å². The van der Waals surface area contributed by atoms with Crippen molar-refractivity contribution in [3.8, 4) is 0 Å². The van der Waals surface area contributed by atoms with Gasteiger partial charge in [-0.25, -0.2) is 0 Å². The van der Waals surface area contributed by atoms with Crippen LogP contribution in [0.15, 0.2) is 12.1 Å². The molecule has 0 aliphatic heterocycles. The monoisotopic (exact) mass is 232 g/mol. The number of anilines is 1. The molecule has 78 valence electrons. The molecule has 5 heteroatoms. The van der Waals surface area contributed by atoms with Gasteiger partial charge in [-0.2, -0.15) is 0 Å². The molecule has 1 rings (SSSR count). The highest BCUT2D eigenvalue weighted by Gasteiger charge is 2.14. The van der Waals surface area contributed by atoms with Crippen LogP contribution in [0.25, 0.3) is 0 Å². The van der Waals surface area contributed by atoms with Crippen LogP contribution in [-0.2, 0) is 4.79 Å². The van der Waals surface area contributed by atoms with E-state index in [1.807, 2.05) is 6.92 Å². The molecule has 1 unspecified atom stereocenters. The molecule has 14 heavy (non-hydrogen) atoms. The summed E-state index contributed by atoms with van der Waals surface area (Å²) in [5.41, 5.74) is 5.46. The summed E-state index contributed by atoms with van der Waals surface area (Å²) in [6, 6.07) is 3.54. The van der Waals surface area contributed by atoms with Crippen LogP contribution in [-0.4, -0.2) is 12.5 Å². The van der Waals surface area contributed by atoms with Crippen LogP contribution in [0.2, 0.25) is 4.34 Å². The van der Waals surface area contributed by atoms with E-state index in [1.165, 1.54) is 11.3 Å². The quantitative estimate of drug-likeness (QED) is 0.837. The minimum absolute atomic E-state index is 0.0338. The third-order valence-electron chi connectivity index (χ3n) is 1.97. The van der Waals surface area contributed by atoms with Gasteiger partial charge in [-0.1, -0.05) is 18.5 Å². The second kappa shape index (κ2) is 5.34. The first kappa shape index (κ1) is 11.5. The zero-order valence-corrected chi connectivity index (χ0v) is 9.49. The standard InChI is InChI=1S/C9H13ClN2OS/c1-2-6(5-11)9(13)12-8-4-3-7(10)14-8/h3-4,6H,2,5,11H2,1H3,(H,12,13). The molecule has 0 fully saturated rings. The van der Waals surface area contributed by atoms with E-state index in [0.29, 0.717) is 10.9 Å². The van der Waals surface area contributed by atoms with Gasteiger partial charge >= 0.3 is 0 Å². The maximum absolute atomic E-state index is 11.6. The number of carbonyl (C=O) groups is 1. The molecule has 0 radical (unpaired) electrons. The van der Waals surface area contributed by atoms with E-state index in [-0.39, 0.29) is 11.8 Å². The highest BCUT2D eigenvalue weighted by Crippen LogP contribution is 2.26. The lowest BCUT2D eigenvalue weighted by Gasteiger charge is -2.10. The number of rotatable bonds is 4. The smallest absolute Gasteiger partial charge is 0.229 e. The molecule has 0 saturated carbocycles. The Kier molecular flexibility index (Phi) is 4.38. The van der Waals surface area contributed by atoms with Crippen LogP contribution in [0.1, 0.15) is 13.3 Å². The lowest BCUT2D eigenvalue weighted by atomic mass is 10.1. The van der Waals surface area contributed by atoms with E-state index in [4.69, 9.17) is 17.3 Å². The van der Waals surface area contributed by atoms with Crippen molar-refractivity contribution in [3.05, 3.63) is 16.5 Å². The van der Waals surface area contributed by atoms with Gasteiger partial charge in [0.25, 0.3) is 0 Å². The summed E-state index contributed by atoms with van der Waals surface area (Å²) in [5.74, 6) is -0.149. The zero-order valence-electron chi connectivity index (χ0n) is 7.92. The molecule has 1 heterocycles. The van der Waals surface area contributed by atoms with Crippen LogP contribution in [0, 0.1) is 5.92 Å². The molecule has 1 amide bonds. The van der Waals surface area contributed by atoms with Crippen LogP contribution < -0.4 is 11.1 Å². The minimum atomic E-state index is -0.115. The van der Waals surface area contributed by atoms with Crippen molar-refractivity contribution < 1.29 is 4.79 Å². The molecular weight excluding hydrogens is 220 g/mol. The van der Waals surface area contributed by atoms with E-state index < -0.39 is 0 Å². The van der Waals surface area contributed by atoms with Crippen LogP contribution in [0.3, 0.4) is 0 Å². The van der Waals surface area contributed by atoms with E-state index in [0.717, 1.165) is 11.4 Å². The second-order valence-corrected chi connectivity index (χ2v) is 4.65. The Morgan fingerprint density at radius 2 is 2.43 bits per heavy atom. The summed E-state index contributed by atoms with van der Waals surface area (Å²) in [4.78, 5) is 11.6. The molecule has 0 aromatic carbocycles. The normalized spacial score (nSPS) is 12.5. The van der Waals surface area contributed by atoms with Crippen molar-refractivity contribution in [2.24, 2.45) is 11.7 Å². The largest absolute Gasteiger partial charge is 0.330 e. The molecule has 0 aliphatic carbocycles. The molecule has 1 aromatic heterocycles. The maximum Gasteiger partial charge on any atom is 0.229 e. The van der Waals surface area contributed by atoms with Gasteiger partial charge in [0, 0.05) is 6.54 Å². The first-order valence-corrected chi connectivity index (χ1v) is 5.63. The Morgan fingerprint density at radius 3 is 2.86 bits per heavy atom. The van der Waals surface area contributed by atoms with Gasteiger partial charge in [0.2, 0.25) is 5.91 Å². The second-order valence-electron chi connectivity index (χ2n) is 2.93. The summed E-state index contributed by atoms with van der Waals surface area (Å²) >= 11 is 7.08. The van der Waals surface area contributed by atoms with Crippen molar-refractivity contribution in [1.82, 2.24) is 0 Å². The van der Waals surface area contributed by atoms with E-state index >= 15 is 0 Å². The maximum atomic E-state index is 11.6. The van der Waals surface area contributed by atoms with Gasteiger partial charge in [-0.05, 0) is 18.6 Å². The molecule has 0 spiro atoms. The summed E-state index contributed by atoms with van der Waals surface area (Å²) in [5, 5.41) is 3.55. The summed E-state index contributed by atoms with van der Waals surface area (Å²) < 4.78 is 0.668. The number of nitrogens with one attached hydrogen (secondary N) is 1. The lowest BCUT2D eigenvalue weighted by molar-refractivity contribution is -0.119.